The quantitative estimate of drug-likeness (QED) is 0.614. The lowest BCUT2D eigenvalue weighted by Crippen LogP contribution is -2.59. The highest BCUT2D eigenvalue weighted by molar-refractivity contribution is 5.78. The zero-order valence-corrected chi connectivity index (χ0v) is 11.8. The summed E-state index contributed by atoms with van der Waals surface area (Å²) in [6.07, 6.45) is 2.63. The van der Waals surface area contributed by atoms with E-state index < -0.39 is 0 Å². The second-order valence-corrected chi connectivity index (χ2v) is 7.79. The first-order valence-corrected chi connectivity index (χ1v) is 7.29. The maximum Gasteiger partial charge on any atom is 0.310 e. The molecule has 3 nitrogen and oxygen atoms in total. The molecule has 18 heavy (non-hydrogen) atoms. The van der Waals surface area contributed by atoms with E-state index in [1.165, 1.54) is 19.4 Å². The first-order valence-electron chi connectivity index (χ1n) is 7.29. The molecule has 2 heterocycles. The summed E-state index contributed by atoms with van der Waals surface area (Å²) in [6.45, 7) is 8.10. The van der Waals surface area contributed by atoms with E-state index in [1.54, 1.807) is 0 Å². The summed E-state index contributed by atoms with van der Waals surface area (Å²) in [7, 11) is 2.22. The lowest BCUT2D eigenvalue weighted by Gasteiger charge is -2.51. The summed E-state index contributed by atoms with van der Waals surface area (Å²) in [5, 5.41) is 0. The van der Waals surface area contributed by atoms with Gasteiger partial charge in [-0.25, -0.2) is 0 Å². The fourth-order valence-corrected chi connectivity index (χ4v) is 6.06. The predicted molar refractivity (Wildman–Crippen MR) is 67.9 cm³/mol. The standard InChI is InChI=1S/C15H23NO2/c1-14(2)10-9-6-5-8-7-16(4)11(15(8,9)3)12(14)18-13(10)17/h8-12H,5-7H2,1-4H3/t8-,9+,10+,11+,12-,15-/m1/s1. The third-order valence-electron chi connectivity index (χ3n) is 6.85. The fraction of sp³-hybridized carbons (Fsp3) is 0.933. The first-order chi connectivity index (χ1) is 8.38. The van der Waals surface area contributed by atoms with Crippen LogP contribution in [-0.4, -0.2) is 36.6 Å². The predicted octanol–water partition coefficient (Wildman–Crippen LogP) is 1.91. The van der Waals surface area contributed by atoms with Gasteiger partial charge in [-0.15, -0.1) is 0 Å². The van der Waals surface area contributed by atoms with Crippen molar-refractivity contribution in [2.75, 3.05) is 13.6 Å². The molecule has 0 radical (unpaired) electrons. The number of fused-ring (bicyclic) bond motifs is 4. The SMILES string of the molecule is CN1C[C@H]2CC[C@H]3[C@H]4C(=O)O[C@H]([C@H]1[C@]23C)C4(C)C. The van der Waals surface area contributed by atoms with Crippen molar-refractivity contribution in [2.45, 2.75) is 45.8 Å². The van der Waals surface area contributed by atoms with E-state index in [0.29, 0.717) is 17.4 Å². The van der Waals surface area contributed by atoms with Gasteiger partial charge in [0.1, 0.15) is 6.10 Å². The van der Waals surface area contributed by atoms with E-state index in [4.69, 9.17) is 4.74 Å². The molecule has 6 atom stereocenters. The number of esters is 1. The van der Waals surface area contributed by atoms with Crippen molar-refractivity contribution in [1.29, 1.82) is 0 Å². The Hall–Kier alpha value is -0.570. The normalized spacial score (nSPS) is 56.7. The summed E-state index contributed by atoms with van der Waals surface area (Å²) >= 11 is 0. The van der Waals surface area contributed by atoms with Crippen LogP contribution in [0.3, 0.4) is 0 Å². The highest BCUT2D eigenvalue weighted by atomic mass is 16.6. The van der Waals surface area contributed by atoms with Gasteiger partial charge in [0.05, 0.1) is 12.0 Å². The number of rotatable bonds is 0. The van der Waals surface area contributed by atoms with Crippen molar-refractivity contribution >= 4 is 5.97 Å². The van der Waals surface area contributed by atoms with Crippen molar-refractivity contribution in [3.8, 4) is 0 Å². The van der Waals surface area contributed by atoms with E-state index in [1.807, 2.05) is 0 Å². The second-order valence-electron chi connectivity index (χ2n) is 7.79. The molecule has 100 valence electrons. The molecule has 2 bridgehead atoms. The van der Waals surface area contributed by atoms with Gasteiger partial charge in [0.15, 0.2) is 0 Å². The average Bonchev–Trinajstić information content (AvgIpc) is 2.73. The minimum absolute atomic E-state index is 0.0133. The minimum atomic E-state index is 0.0133. The van der Waals surface area contributed by atoms with Crippen molar-refractivity contribution in [1.82, 2.24) is 4.90 Å². The minimum Gasteiger partial charge on any atom is -0.460 e. The van der Waals surface area contributed by atoms with Gasteiger partial charge in [0.25, 0.3) is 0 Å². The number of likely N-dealkylation sites (tertiary alicyclic amines) is 1. The summed E-state index contributed by atoms with van der Waals surface area (Å²) in [5.41, 5.74) is 0.325. The van der Waals surface area contributed by atoms with Crippen LogP contribution >= 0.6 is 0 Å². The highest BCUT2D eigenvalue weighted by Gasteiger charge is 2.73. The van der Waals surface area contributed by atoms with Crippen molar-refractivity contribution in [3.05, 3.63) is 0 Å². The zero-order valence-electron chi connectivity index (χ0n) is 11.8. The van der Waals surface area contributed by atoms with Crippen molar-refractivity contribution < 1.29 is 9.53 Å². The van der Waals surface area contributed by atoms with Crippen LogP contribution in [0.1, 0.15) is 33.6 Å². The van der Waals surface area contributed by atoms with Crippen LogP contribution in [0.25, 0.3) is 0 Å². The van der Waals surface area contributed by atoms with E-state index in [9.17, 15) is 4.79 Å². The maximum absolute atomic E-state index is 12.3. The molecule has 0 aromatic heterocycles. The summed E-state index contributed by atoms with van der Waals surface area (Å²) in [4.78, 5) is 14.8. The first kappa shape index (κ1) is 11.3. The molecule has 0 aromatic rings. The lowest BCUT2D eigenvalue weighted by atomic mass is 9.52. The molecule has 0 aromatic carbocycles. The van der Waals surface area contributed by atoms with E-state index in [0.717, 1.165) is 5.92 Å². The topological polar surface area (TPSA) is 29.5 Å². The van der Waals surface area contributed by atoms with Gasteiger partial charge in [-0.2, -0.15) is 0 Å². The van der Waals surface area contributed by atoms with Gasteiger partial charge < -0.3 is 4.74 Å². The third kappa shape index (κ3) is 0.941. The molecule has 2 saturated heterocycles. The van der Waals surface area contributed by atoms with Crippen LogP contribution in [0.15, 0.2) is 0 Å². The summed E-state index contributed by atoms with van der Waals surface area (Å²) in [5.74, 6) is 1.53. The fourth-order valence-electron chi connectivity index (χ4n) is 6.06. The Bertz CT molecular complexity index is 432. The molecule has 2 aliphatic heterocycles. The van der Waals surface area contributed by atoms with Gasteiger partial charge in [0.2, 0.25) is 0 Å². The van der Waals surface area contributed by atoms with Crippen molar-refractivity contribution in [3.63, 3.8) is 0 Å². The molecule has 0 amide bonds. The van der Waals surface area contributed by atoms with Crippen LogP contribution in [-0.2, 0) is 9.53 Å². The molecule has 0 unspecified atom stereocenters. The van der Waals surface area contributed by atoms with Crippen molar-refractivity contribution in [2.24, 2.45) is 28.6 Å². The van der Waals surface area contributed by atoms with Crippen LogP contribution in [0.5, 0.6) is 0 Å². The number of carbonyl (C=O) groups is 1. The van der Waals surface area contributed by atoms with Crippen LogP contribution < -0.4 is 0 Å². The van der Waals surface area contributed by atoms with Crippen LogP contribution in [0.4, 0.5) is 0 Å². The number of carbonyl (C=O) groups excluding carboxylic acids is 1. The molecule has 4 fully saturated rings. The van der Waals surface area contributed by atoms with Gasteiger partial charge >= 0.3 is 5.97 Å². The Labute approximate surface area is 109 Å². The highest BCUT2D eigenvalue weighted by Crippen LogP contribution is 2.68. The molecule has 2 aliphatic carbocycles. The Balaban J connectivity index is 1.91. The monoisotopic (exact) mass is 249 g/mol. The summed E-state index contributed by atoms with van der Waals surface area (Å²) in [6, 6.07) is 0.438. The molecule has 3 heteroatoms. The smallest absolute Gasteiger partial charge is 0.310 e. The number of nitrogens with zero attached hydrogens (tertiary/aromatic N) is 1. The average molecular weight is 249 g/mol. The van der Waals surface area contributed by atoms with E-state index in [-0.39, 0.29) is 23.4 Å². The number of ether oxygens (including phenoxy) is 1. The Morgan fingerprint density at radius 2 is 2.00 bits per heavy atom. The Morgan fingerprint density at radius 3 is 2.72 bits per heavy atom. The Morgan fingerprint density at radius 1 is 1.28 bits per heavy atom. The van der Waals surface area contributed by atoms with Gasteiger partial charge in [-0.1, -0.05) is 20.8 Å². The molecule has 4 rings (SSSR count). The second kappa shape index (κ2) is 2.95. The Kier molecular flexibility index (Phi) is 1.85. The molecule has 0 N–H and O–H groups in total. The van der Waals surface area contributed by atoms with Gasteiger partial charge in [-0.05, 0) is 37.1 Å². The molecule has 2 saturated carbocycles. The van der Waals surface area contributed by atoms with E-state index >= 15 is 0 Å². The number of hydrogen-bond acceptors (Lipinski definition) is 3. The lowest BCUT2D eigenvalue weighted by molar-refractivity contribution is -0.145. The molecular formula is C15H23NO2. The number of hydrogen-bond donors (Lipinski definition) is 0. The number of likely N-dealkylation sites (N-methyl/N-ethyl adjacent to an activating group) is 1. The largest absolute Gasteiger partial charge is 0.460 e. The molecule has 0 spiro atoms. The maximum atomic E-state index is 12.3. The zero-order chi connectivity index (χ0) is 12.9. The summed E-state index contributed by atoms with van der Waals surface area (Å²) < 4.78 is 5.82. The van der Waals surface area contributed by atoms with Gasteiger partial charge in [-0.3, -0.25) is 9.69 Å². The van der Waals surface area contributed by atoms with Crippen LogP contribution in [0.2, 0.25) is 0 Å². The van der Waals surface area contributed by atoms with E-state index in [2.05, 4.69) is 32.7 Å². The third-order valence-corrected chi connectivity index (χ3v) is 6.85. The molecular weight excluding hydrogens is 226 g/mol. The molecule has 4 aliphatic rings. The van der Waals surface area contributed by atoms with Crippen LogP contribution in [0, 0.1) is 28.6 Å². The van der Waals surface area contributed by atoms with Gasteiger partial charge in [0, 0.05) is 12.0 Å².